The van der Waals surface area contributed by atoms with Gasteiger partial charge in [-0.3, -0.25) is 14.7 Å². The summed E-state index contributed by atoms with van der Waals surface area (Å²) < 4.78 is 47.6. The molecule has 0 spiro atoms. The molecule has 0 amide bonds. The van der Waals surface area contributed by atoms with Gasteiger partial charge in [-0.1, -0.05) is 11.6 Å². The summed E-state index contributed by atoms with van der Waals surface area (Å²) in [5.41, 5.74) is -1.82. The number of hydrogen-bond donors (Lipinski definition) is 1. The molecule has 0 bridgehead atoms. The first-order valence-corrected chi connectivity index (χ1v) is 9.27. The maximum Gasteiger partial charge on any atom is 0.297 e. The predicted octanol–water partition coefficient (Wildman–Crippen LogP) is 3.57. The Kier molecular flexibility index (Phi) is 4.44. The summed E-state index contributed by atoms with van der Waals surface area (Å²) in [6, 6.07) is -0.237. The van der Waals surface area contributed by atoms with Crippen molar-refractivity contribution in [1.82, 2.24) is 14.9 Å². The van der Waals surface area contributed by atoms with E-state index in [2.05, 4.69) is 25.9 Å². The lowest BCUT2D eigenvalue weighted by molar-refractivity contribution is 0.107. The van der Waals surface area contributed by atoms with Crippen LogP contribution in [0.4, 0.5) is 13.2 Å². The van der Waals surface area contributed by atoms with Crippen LogP contribution >= 0.6 is 27.5 Å². The first kappa shape index (κ1) is 18.1. The second-order valence-corrected chi connectivity index (χ2v) is 7.89. The highest BCUT2D eigenvalue weighted by Gasteiger charge is 2.49. The molecule has 2 fully saturated rings. The van der Waals surface area contributed by atoms with Crippen LogP contribution in [0.15, 0.2) is 9.27 Å². The quantitative estimate of drug-likeness (QED) is 0.571. The summed E-state index contributed by atoms with van der Waals surface area (Å²) in [4.78, 5) is 20.4. The average Bonchev–Trinajstić information content (AvgIpc) is 3.11. The number of hydrogen-bond acceptors (Lipinski definition) is 4. The molecule has 10 heteroatoms. The monoisotopic (exact) mass is 451 g/mol. The number of nitrogens with zero attached hydrogens (tertiary/aromatic N) is 2. The molecule has 2 aromatic rings. The average molecular weight is 453 g/mol. The summed E-state index contributed by atoms with van der Waals surface area (Å²) in [6.07, 6.45) is 1.13. The van der Waals surface area contributed by atoms with Crippen LogP contribution in [-0.2, 0) is 0 Å². The SMILES string of the molecule is O=c1[nH]c(OC[C@@]23CCCN2C[C@H](F)C3)nc2c(F)c(Br)c(Cl)c(F)c12. The second-order valence-electron chi connectivity index (χ2n) is 6.71. The zero-order valence-corrected chi connectivity index (χ0v) is 15.8. The van der Waals surface area contributed by atoms with Crippen LogP contribution in [-0.4, -0.2) is 46.3 Å². The van der Waals surface area contributed by atoms with Crippen LogP contribution in [0.2, 0.25) is 5.02 Å². The number of aromatic amines is 1. The highest BCUT2D eigenvalue weighted by Crippen LogP contribution is 2.40. The fourth-order valence-corrected chi connectivity index (χ4v) is 4.48. The number of fused-ring (bicyclic) bond motifs is 2. The van der Waals surface area contributed by atoms with Crippen LogP contribution in [0.25, 0.3) is 10.9 Å². The number of aromatic nitrogens is 2. The van der Waals surface area contributed by atoms with Crippen molar-refractivity contribution in [3.05, 3.63) is 31.5 Å². The summed E-state index contributed by atoms with van der Waals surface area (Å²) >= 11 is 8.53. The molecule has 2 aliphatic heterocycles. The van der Waals surface area contributed by atoms with Gasteiger partial charge in [0.1, 0.15) is 23.7 Å². The van der Waals surface area contributed by atoms with E-state index in [9.17, 15) is 18.0 Å². The van der Waals surface area contributed by atoms with E-state index in [1.807, 2.05) is 4.90 Å². The maximum atomic E-state index is 14.4. The molecule has 5 nitrogen and oxygen atoms in total. The Hall–Kier alpha value is -1.32. The van der Waals surface area contributed by atoms with E-state index in [0.29, 0.717) is 13.0 Å². The molecule has 0 aliphatic carbocycles. The molecule has 2 aliphatic rings. The van der Waals surface area contributed by atoms with Crippen molar-refractivity contribution >= 4 is 38.4 Å². The number of ether oxygens (including phenoxy) is 1. The molecule has 26 heavy (non-hydrogen) atoms. The third-order valence-corrected chi connectivity index (χ3v) is 6.47. The van der Waals surface area contributed by atoms with E-state index in [1.165, 1.54) is 0 Å². The van der Waals surface area contributed by atoms with Gasteiger partial charge in [-0.25, -0.2) is 13.2 Å². The minimum absolute atomic E-state index is 0.112. The van der Waals surface area contributed by atoms with Gasteiger partial charge in [-0.2, -0.15) is 4.98 Å². The lowest BCUT2D eigenvalue weighted by atomic mass is 9.95. The smallest absolute Gasteiger partial charge is 0.297 e. The van der Waals surface area contributed by atoms with Gasteiger partial charge in [-0.15, -0.1) is 0 Å². The van der Waals surface area contributed by atoms with E-state index in [1.54, 1.807) is 0 Å². The van der Waals surface area contributed by atoms with Gasteiger partial charge in [0.05, 0.1) is 15.0 Å². The Morgan fingerprint density at radius 1 is 1.42 bits per heavy atom. The second kappa shape index (κ2) is 6.38. The summed E-state index contributed by atoms with van der Waals surface area (Å²) in [5.74, 6) is -2.01. The molecular weight excluding hydrogens is 439 g/mol. The van der Waals surface area contributed by atoms with E-state index in [4.69, 9.17) is 16.3 Å². The normalized spacial score (nSPS) is 25.8. The van der Waals surface area contributed by atoms with Crippen molar-refractivity contribution in [2.45, 2.75) is 31.0 Å². The van der Waals surface area contributed by atoms with Gasteiger partial charge in [-0.05, 0) is 35.3 Å². The molecule has 3 heterocycles. The van der Waals surface area contributed by atoms with Gasteiger partial charge in [0.2, 0.25) is 0 Å². The molecule has 2 saturated heterocycles. The third-order valence-electron chi connectivity index (χ3n) is 5.14. The molecule has 0 saturated carbocycles. The number of benzene rings is 1. The molecule has 140 valence electrons. The Morgan fingerprint density at radius 3 is 2.96 bits per heavy atom. The largest absolute Gasteiger partial charge is 0.463 e. The van der Waals surface area contributed by atoms with Crippen molar-refractivity contribution in [2.24, 2.45) is 0 Å². The van der Waals surface area contributed by atoms with Crippen LogP contribution in [0.1, 0.15) is 19.3 Å². The number of alkyl halides is 1. The molecule has 2 atom stereocenters. The zero-order chi connectivity index (χ0) is 18.6. The van der Waals surface area contributed by atoms with Crippen molar-refractivity contribution in [1.29, 1.82) is 0 Å². The molecular formula is C16H14BrClF3N3O2. The van der Waals surface area contributed by atoms with Gasteiger partial charge in [0, 0.05) is 13.0 Å². The Bertz CT molecular complexity index is 957. The number of halogens is 5. The minimum Gasteiger partial charge on any atom is -0.463 e. The highest BCUT2D eigenvalue weighted by atomic mass is 79.9. The Labute approximate surface area is 159 Å². The third kappa shape index (κ3) is 2.71. The Balaban J connectivity index is 1.69. The van der Waals surface area contributed by atoms with Crippen LogP contribution in [0.5, 0.6) is 6.01 Å². The van der Waals surface area contributed by atoms with Crippen molar-refractivity contribution < 1.29 is 17.9 Å². The summed E-state index contributed by atoms with van der Waals surface area (Å²) in [5, 5.41) is -1.11. The van der Waals surface area contributed by atoms with Crippen LogP contribution in [0, 0.1) is 11.6 Å². The van der Waals surface area contributed by atoms with Gasteiger partial charge >= 0.3 is 0 Å². The first-order chi connectivity index (χ1) is 12.3. The molecule has 1 aromatic heterocycles. The molecule has 0 unspecified atom stereocenters. The predicted molar refractivity (Wildman–Crippen MR) is 93.5 cm³/mol. The maximum absolute atomic E-state index is 14.4. The highest BCUT2D eigenvalue weighted by molar-refractivity contribution is 9.10. The van der Waals surface area contributed by atoms with E-state index in [0.717, 1.165) is 19.4 Å². The molecule has 0 radical (unpaired) electrons. The van der Waals surface area contributed by atoms with Crippen LogP contribution < -0.4 is 10.3 Å². The molecule has 1 N–H and O–H groups in total. The zero-order valence-electron chi connectivity index (χ0n) is 13.4. The van der Waals surface area contributed by atoms with Gasteiger partial charge in [0.15, 0.2) is 11.6 Å². The van der Waals surface area contributed by atoms with Crippen molar-refractivity contribution in [3.8, 4) is 6.01 Å². The fourth-order valence-electron chi connectivity index (χ4n) is 3.94. The van der Waals surface area contributed by atoms with Crippen molar-refractivity contribution in [2.75, 3.05) is 19.7 Å². The fraction of sp³-hybridized carbons (Fsp3) is 0.500. The summed E-state index contributed by atoms with van der Waals surface area (Å²) in [7, 11) is 0. The molecule has 1 aromatic carbocycles. The number of H-pyrrole nitrogens is 1. The summed E-state index contributed by atoms with van der Waals surface area (Å²) in [6.45, 7) is 1.26. The number of rotatable bonds is 3. The van der Waals surface area contributed by atoms with Crippen LogP contribution in [0.3, 0.4) is 0 Å². The van der Waals surface area contributed by atoms with E-state index in [-0.39, 0.29) is 17.1 Å². The Morgan fingerprint density at radius 2 is 2.19 bits per heavy atom. The van der Waals surface area contributed by atoms with E-state index >= 15 is 0 Å². The van der Waals surface area contributed by atoms with Crippen molar-refractivity contribution in [3.63, 3.8) is 0 Å². The number of nitrogens with one attached hydrogen (secondary N) is 1. The minimum atomic E-state index is -1.06. The first-order valence-electron chi connectivity index (χ1n) is 8.10. The van der Waals surface area contributed by atoms with Gasteiger partial charge in [0.25, 0.3) is 11.6 Å². The van der Waals surface area contributed by atoms with E-state index < -0.39 is 44.8 Å². The lowest BCUT2D eigenvalue weighted by Gasteiger charge is -2.30. The molecule has 4 rings (SSSR count). The lowest BCUT2D eigenvalue weighted by Crippen LogP contribution is -2.43. The topological polar surface area (TPSA) is 58.2 Å². The standard InChI is InChI=1S/C16H14BrClF3N3O2/c17-9-10(18)11(20)8-13(12(9)21)22-15(23-14(8)25)26-6-16-2-1-3-24(16)5-7(19)4-16/h7H,1-6H2,(H,22,23,25)/t7-,16+/m1/s1. The van der Waals surface area contributed by atoms with Gasteiger partial charge < -0.3 is 4.74 Å².